The Morgan fingerprint density at radius 2 is 2.09 bits per heavy atom. The minimum absolute atomic E-state index is 0.174. The number of carbonyl (C=O) groups excluding carboxylic acids is 1. The first-order valence-corrected chi connectivity index (χ1v) is 7.10. The van der Waals surface area contributed by atoms with Crippen LogP contribution in [0.4, 0.5) is 11.4 Å². The van der Waals surface area contributed by atoms with E-state index < -0.39 is 0 Å². The third-order valence-electron chi connectivity index (χ3n) is 2.95. The molecule has 0 saturated heterocycles. The zero-order chi connectivity index (χ0) is 15.9. The summed E-state index contributed by atoms with van der Waals surface area (Å²) in [6.45, 7) is 4.70. The summed E-state index contributed by atoms with van der Waals surface area (Å²) in [6, 6.07) is 12.7. The van der Waals surface area contributed by atoms with Crippen molar-refractivity contribution in [1.29, 1.82) is 5.26 Å². The number of nitrogens with zero attached hydrogens (tertiary/aromatic N) is 2. The van der Waals surface area contributed by atoms with Crippen LogP contribution in [0.2, 0.25) is 0 Å². The Labute approximate surface area is 130 Å². The van der Waals surface area contributed by atoms with Gasteiger partial charge in [0, 0.05) is 12.2 Å². The van der Waals surface area contributed by atoms with Gasteiger partial charge in [-0.25, -0.2) is 4.98 Å². The average molecular weight is 294 g/mol. The number of carbonyl (C=O) groups is 1. The highest BCUT2D eigenvalue weighted by atomic mass is 16.1. The van der Waals surface area contributed by atoms with Crippen molar-refractivity contribution >= 4 is 17.3 Å². The van der Waals surface area contributed by atoms with Gasteiger partial charge in [-0.2, -0.15) is 5.26 Å². The molecule has 0 fully saturated rings. The summed E-state index contributed by atoms with van der Waals surface area (Å²) in [4.78, 5) is 16.0. The van der Waals surface area contributed by atoms with Crippen LogP contribution in [-0.2, 0) is 0 Å². The van der Waals surface area contributed by atoms with Crippen LogP contribution in [-0.4, -0.2) is 17.4 Å². The zero-order valence-corrected chi connectivity index (χ0v) is 12.6. The smallest absolute Gasteiger partial charge is 0.269 e. The summed E-state index contributed by atoms with van der Waals surface area (Å²) in [7, 11) is 0. The van der Waals surface area contributed by atoms with Crippen LogP contribution in [0.15, 0.2) is 42.6 Å². The summed E-state index contributed by atoms with van der Waals surface area (Å²) in [5.41, 5.74) is 2.54. The number of aromatic nitrogens is 1. The van der Waals surface area contributed by atoms with Gasteiger partial charge in [0.1, 0.15) is 5.69 Å². The van der Waals surface area contributed by atoms with E-state index in [0.29, 0.717) is 23.7 Å². The molecule has 0 spiro atoms. The average Bonchev–Trinajstić information content (AvgIpc) is 2.53. The minimum atomic E-state index is -0.174. The van der Waals surface area contributed by atoms with Gasteiger partial charge < -0.3 is 10.6 Å². The Bertz CT molecular complexity index is 687. The fourth-order valence-corrected chi connectivity index (χ4v) is 1.82. The van der Waals surface area contributed by atoms with E-state index in [1.165, 1.54) is 0 Å². The van der Waals surface area contributed by atoms with Crippen LogP contribution in [0.25, 0.3) is 0 Å². The summed E-state index contributed by atoms with van der Waals surface area (Å²) < 4.78 is 0. The zero-order valence-electron chi connectivity index (χ0n) is 12.6. The standard InChI is InChI=1S/C17H18N4O/c1-12(2)10-20-17(22)16-7-6-15(11-19-16)21-14-5-3-4-13(8-14)9-18/h3-8,11-12,21H,10H2,1-2H3,(H,20,22). The lowest BCUT2D eigenvalue weighted by molar-refractivity contribution is 0.0944. The van der Waals surface area contributed by atoms with E-state index in [2.05, 4.69) is 21.7 Å². The van der Waals surface area contributed by atoms with E-state index in [4.69, 9.17) is 5.26 Å². The molecule has 5 nitrogen and oxygen atoms in total. The van der Waals surface area contributed by atoms with Gasteiger partial charge in [-0.1, -0.05) is 19.9 Å². The molecule has 112 valence electrons. The molecule has 1 aromatic carbocycles. The molecular formula is C17H18N4O. The number of hydrogen-bond acceptors (Lipinski definition) is 4. The van der Waals surface area contributed by atoms with E-state index in [9.17, 15) is 4.79 Å². The maximum absolute atomic E-state index is 11.9. The molecule has 1 heterocycles. The van der Waals surface area contributed by atoms with Crippen molar-refractivity contribution in [3.8, 4) is 6.07 Å². The van der Waals surface area contributed by atoms with Crippen molar-refractivity contribution in [1.82, 2.24) is 10.3 Å². The molecule has 1 amide bonds. The van der Waals surface area contributed by atoms with Gasteiger partial charge in [-0.05, 0) is 36.2 Å². The predicted molar refractivity (Wildman–Crippen MR) is 85.8 cm³/mol. The Balaban J connectivity index is 2.02. The number of nitrogens with one attached hydrogen (secondary N) is 2. The van der Waals surface area contributed by atoms with E-state index in [0.717, 1.165) is 11.4 Å². The molecule has 0 saturated carbocycles. The van der Waals surface area contributed by atoms with Gasteiger partial charge >= 0.3 is 0 Å². The van der Waals surface area contributed by atoms with E-state index in [1.54, 1.807) is 30.5 Å². The monoisotopic (exact) mass is 294 g/mol. The van der Waals surface area contributed by atoms with E-state index >= 15 is 0 Å². The summed E-state index contributed by atoms with van der Waals surface area (Å²) in [5.74, 6) is 0.226. The van der Waals surface area contributed by atoms with E-state index in [1.807, 2.05) is 26.0 Å². The van der Waals surface area contributed by atoms with Crippen molar-refractivity contribution in [2.24, 2.45) is 5.92 Å². The maximum Gasteiger partial charge on any atom is 0.269 e. The fraction of sp³-hybridized carbons (Fsp3) is 0.235. The van der Waals surface area contributed by atoms with Crippen LogP contribution < -0.4 is 10.6 Å². The van der Waals surface area contributed by atoms with Crippen molar-refractivity contribution in [3.63, 3.8) is 0 Å². The molecule has 0 radical (unpaired) electrons. The highest BCUT2D eigenvalue weighted by molar-refractivity contribution is 5.92. The normalized spacial score (nSPS) is 10.1. The molecule has 5 heteroatoms. The van der Waals surface area contributed by atoms with Gasteiger partial charge in [-0.3, -0.25) is 4.79 Å². The largest absolute Gasteiger partial charge is 0.354 e. The molecular weight excluding hydrogens is 276 g/mol. The molecule has 0 aliphatic carbocycles. The summed E-state index contributed by atoms with van der Waals surface area (Å²) >= 11 is 0. The Morgan fingerprint density at radius 3 is 2.73 bits per heavy atom. The van der Waals surface area contributed by atoms with Crippen LogP contribution in [0.1, 0.15) is 29.9 Å². The number of pyridine rings is 1. The van der Waals surface area contributed by atoms with Gasteiger partial charge in [0.15, 0.2) is 0 Å². The molecule has 0 unspecified atom stereocenters. The van der Waals surface area contributed by atoms with Gasteiger partial charge in [0.05, 0.1) is 23.5 Å². The number of anilines is 2. The molecule has 2 aromatic rings. The predicted octanol–water partition coefficient (Wildman–Crippen LogP) is 3.08. The Morgan fingerprint density at radius 1 is 1.27 bits per heavy atom. The third-order valence-corrected chi connectivity index (χ3v) is 2.95. The first kappa shape index (κ1) is 15.5. The van der Waals surface area contributed by atoms with Crippen molar-refractivity contribution < 1.29 is 4.79 Å². The number of rotatable bonds is 5. The van der Waals surface area contributed by atoms with Crippen LogP contribution in [0.3, 0.4) is 0 Å². The molecule has 2 N–H and O–H groups in total. The molecule has 22 heavy (non-hydrogen) atoms. The summed E-state index contributed by atoms with van der Waals surface area (Å²) in [6.07, 6.45) is 1.60. The lowest BCUT2D eigenvalue weighted by Gasteiger charge is -2.09. The second-order valence-electron chi connectivity index (χ2n) is 5.35. The maximum atomic E-state index is 11.9. The molecule has 1 aromatic heterocycles. The lowest BCUT2D eigenvalue weighted by atomic mass is 10.2. The fourth-order valence-electron chi connectivity index (χ4n) is 1.82. The van der Waals surface area contributed by atoms with Crippen molar-refractivity contribution in [2.75, 3.05) is 11.9 Å². The first-order chi connectivity index (χ1) is 10.6. The number of hydrogen-bond donors (Lipinski definition) is 2. The van der Waals surface area contributed by atoms with Gasteiger partial charge in [0.25, 0.3) is 5.91 Å². The molecule has 0 bridgehead atoms. The van der Waals surface area contributed by atoms with Crippen LogP contribution in [0, 0.1) is 17.2 Å². The SMILES string of the molecule is CC(C)CNC(=O)c1ccc(Nc2cccc(C#N)c2)cn1. The topological polar surface area (TPSA) is 77.8 Å². The second kappa shape index (κ2) is 7.23. The van der Waals surface area contributed by atoms with Gasteiger partial charge in [0.2, 0.25) is 0 Å². The molecule has 0 aliphatic rings. The van der Waals surface area contributed by atoms with Gasteiger partial charge in [-0.15, -0.1) is 0 Å². The van der Waals surface area contributed by atoms with Crippen molar-refractivity contribution in [2.45, 2.75) is 13.8 Å². The van der Waals surface area contributed by atoms with Crippen LogP contribution in [0.5, 0.6) is 0 Å². The second-order valence-corrected chi connectivity index (χ2v) is 5.35. The molecule has 0 aliphatic heterocycles. The Hall–Kier alpha value is -2.87. The number of benzene rings is 1. The highest BCUT2D eigenvalue weighted by Crippen LogP contribution is 2.17. The minimum Gasteiger partial charge on any atom is -0.354 e. The molecule has 0 atom stereocenters. The lowest BCUT2D eigenvalue weighted by Crippen LogP contribution is -2.27. The quantitative estimate of drug-likeness (QED) is 0.888. The third kappa shape index (κ3) is 4.32. The van der Waals surface area contributed by atoms with E-state index in [-0.39, 0.29) is 5.91 Å². The molecule has 2 rings (SSSR count). The number of nitriles is 1. The Kier molecular flexibility index (Phi) is 5.10. The number of amides is 1. The first-order valence-electron chi connectivity index (χ1n) is 7.10. The van der Waals surface area contributed by atoms with Crippen LogP contribution >= 0.6 is 0 Å². The summed E-state index contributed by atoms with van der Waals surface area (Å²) in [5, 5.41) is 14.9. The highest BCUT2D eigenvalue weighted by Gasteiger charge is 2.07. The van der Waals surface area contributed by atoms with Crippen molar-refractivity contribution in [3.05, 3.63) is 53.9 Å².